The van der Waals surface area contributed by atoms with Crippen molar-refractivity contribution in [2.45, 2.75) is 39.3 Å². The van der Waals surface area contributed by atoms with Crippen LogP contribution in [0.3, 0.4) is 0 Å². The van der Waals surface area contributed by atoms with Crippen molar-refractivity contribution in [1.29, 1.82) is 0 Å². The van der Waals surface area contributed by atoms with Gasteiger partial charge in [0.2, 0.25) is 0 Å². The molecule has 0 saturated carbocycles. The highest BCUT2D eigenvalue weighted by atomic mass is 32.1. The summed E-state index contributed by atoms with van der Waals surface area (Å²) in [5, 5.41) is 3.68. The van der Waals surface area contributed by atoms with Crippen LogP contribution in [0.25, 0.3) is 0 Å². The summed E-state index contributed by atoms with van der Waals surface area (Å²) in [6.45, 7) is 5.19. The molecule has 3 rings (SSSR count). The van der Waals surface area contributed by atoms with Gasteiger partial charge in [0.25, 0.3) is 0 Å². The predicted octanol–water partition coefficient (Wildman–Crippen LogP) is 3.54. The Labute approximate surface area is 112 Å². The molecule has 0 aliphatic heterocycles. The van der Waals surface area contributed by atoms with E-state index in [1.165, 1.54) is 34.4 Å². The number of rotatable bonds is 3. The Hall–Kier alpha value is -1.19. The number of hydrogen-bond acceptors (Lipinski definition) is 3. The minimum atomic E-state index is 0.515. The molecule has 1 aromatic carbocycles. The van der Waals surface area contributed by atoms with Crippen LogP contribution in [0.4, 0.5) is 0 Å². The number of benzene rings is 1. The Morgan fingerprint density at radius 2 is 2.28 bits per heavy atom. The van der Waals surface area contributed by atoms with Gasteiger partial charge in [0.1, 0.15) is 0 Å². The van der Waals surface area contributed by atoms with Crippen LogP contribution in [0.2, 0.25) is 0 Å². The molecule has 0 bridgehead atoms. The molecule has 0 fully saturated rings. The lowest BCUT2D eigenvalue weighted by molar-refractivity contribution is 0.532. The average Bonchev–Trinajstić information content (AvgIpc) is 2.93. The van der Waals surface area contributed by atoms with Gasteiger partial charge >= 0.3 is 0 Å². The van der Waals surface area contributed by atoms with Crippen molar-refractivity contribution in [3.8, 4) is 0 Å². The maximum Gasteiger partial charge on any atom is 0.0798 e. The summed E-state index contributed by atoms with van der Waals surface area (Å²) in [7, 11) is 0. The predicted molar refractivity (Wildman–Crippen MR) is 75.9 cm³/mol. The van der Waals surface area contributed by atoms with Gasteiger partial charge in [0.15, 0.2) is 0 Å². The molecule has 2 aromatic rings. The monoisotopic (exact) mass is 258 g/mol. The van der Waals surface area contributed by atoms with Crippen molar-refractivity contribution >= 4 is 11.3 Å². The molecule has 1 heterocycles. The quantitative estimate of drug-likeness (QED) is 0.911. The summed E-state index contributed by atoms with van der Waals surface area (Å²) in [6.07, 6.45) is 2.42. The zero-order valence-corrected chi connectivity index (χ0v) is 11.7. The molecule has 1 aromatic heterocycles. The van der Waals surface area contributed by atoms with Gasteiger partial charge in [-0.05, 0) is 37.8 Å². The van der Waals surface area contributed by atoms with Gasteiger partial charge in [-0.25, -0.2) is 4.98 Å². The largest absolute Gasteiger partial charge is 0.305 e. The molecule has 0 saturated heterocycles. The smallest absolute Gasteiger partial charge is 0.0798 e. The van der Waals surface area contributed by atoms with E-state index in [0.717, 1.165) is 12.2 Å². The fraction of sp³-hybridized carbons (Fsp3) is 0.400. The summed E-state index contributed by atoms with van der Waals surface area (Å²) >= 11 is 1.74. The number of nitrogens with zero attached hydrogens (tertiary/aromatic N) is 1. The number of nitrogens with one attached hydrogen (secondary N) is 1. The van der Waals surface area contributed by atoms with Gasteiger partial charge in [-0.3, -0.25) is 0 Å². The second kappa shape index (κ2) is 4.82. The zero-order valence-electron chi connectivity index (χ0n) is 10.9. The highest BCUT2D eigenvalue weighted by molar-refractivity contribution is 7.09. The number of aryl methyl sites for hydroxylation is 3. The highest BCUT2D eigenvalue weighted by Crippen LogP contribution is 2.32. The molecule has 0 amide bonds. The molecule has 1 unspecified atom stereocenters. The second-order valence-electron chi connectivity index (χ2n) is 5.04. The van der Waals surface area contributed by atoms with Crippen LogP contribution in [0.5, 0.6) is 0 Å². The number of hydrogen-bond donors (Lipinski definition) is 1. The molecule has 1 N–H and O–H groups in total. The lowest BCUT2D eigenvalue weighted by atomic mass is 10.1. The second-order valence-corrected chi connectivity index (χ2v) is 5.97. The SMILES string of the molecule is Cc1ccc2c(c1)C(NCc1scnc1C)CC2. The summed E-state index contributed by atoms with van der Waals surface area (Å²) in [5.41, 5.74) is 7.46. The molecule has 0 radical (unpaired) electrons. The fourth-order valence-electron chi connectivity index (χ4n) is 2.65. The van der Waals surface area contributed by atoms with Crippen LogP contribution in [0.15, 0.2) is 23.7 Å². The van der Waals surface area contributed by atoms with E-state index < -0.39 is 0 Å². The third kappa shape index (κ3) is 2.20. The summed E-state index contributed by atoms with van der Waals surface area (Å²) in [6, 6.07) is 7.35. The van der Waals surface area contributed by atoms with E-state index in [2.05, 4.69) is 42.3 Å². The van der Waals surface area contributed by atoms with Gasteiger partial charge in [0, 0.05) is 17.5 Å². The Morgan fingerprint density at radius 1 is 1.39 bits per heavy atom. The first-order chi connectivity index (χ1) is 8.74. The lowest BCUT2D eigenvalue weighted by Crippen LogP contribution is -2.18. The molecule has 0 spiro atoms. The third-order valence-corrected chi connectivity index (χ3v) is 4.67. The van der Waals surface area contributed by atoms with Gasteiger partial charge in [-0.15, -0.1) is 11.3 Å². The van der Waals surface area contributed by atoms with E-state index >= 15 is 0 Å². The Kier molecular flexibility index (Phi) is 3.18. The van der Waals surface area contributed by atoms with Crippen molar-refractivity contribution in [2.75, 3.05) is 0 Å². The van der Waals surface area contributed by atoms with Crippen LogP contribution in [0, 0.1) is 13.8 Å². The molecular weight excluding hydrogens is 240 g/mol. The van der Waals surface area contributed by atoms with Gasteiger partial charge in [0.05, 0.1) is 11.2 Å². The van der Waals surface area contributed by atoms with Crippen molar-refractivity contribution in [3.05, 3.63) is 51.0 Å². The van der Waals surface area contributed by atoms with Gasteiger partial charge in [-0.1, -0.05) is 23.8 Å². The summed E-state index contributed by atoms with van der Waals surface area (Å²) < 4.78 is 0. The number of thiazole rings is 1. The standard InChI is InChI=1S/C15H18N2S/c1-10-3-4-12-5-6-14(13(12)7-10)16-8-15-11(2)17-9-18-15/h3-4,7,9,14,16H,5-6,8H2,1-2H3. The lowest BCUT2D eigenvalue weighted by Gasteiger charge is -2.14. The van der Waals surface area contributed by atoms with Crippen LogP contribution in [-0.4, -0.2) is 4.98 Å². The average molecular weight is 258 g/mol. The van der Waals surface area contributed by atoms with Gasteiger partial charge in [-0.2, -0.15) is 0 Å². The van der Waals surface area contributed by atoms with Crippen molar-refractivity contribution < 1.29 is 0 Å². The first kappa shape index (κ1) is 11.9. The first-order valence-electron chi connectivity index (χ1n) is 6.46. The topological polar surface area (TPSA) is 24.9 Å². The fourth-order valence-corrected chi connectivity index (χ4v) is 3.37. The van der Waals surface area contributed by atoms with E-state index in [1.807, 2.05) is 5.51 Å². The van der Waals surface area contributed by atoms with E-state index in [4.69, 9.17) is 0 Å². The minimum absolute atomic E-state index is 0.515. The van der Waals surface area contributed by atoms with Crippen molar-refractivity contribution in [2.24, 2.45) is 0 Å². The maximum absolute atomic E-state index is 4.30. The number of fused-ring (bicyclic) bond motifs is 1. The van der Waals surface area contributed by atoms with Crippen LogP contribution < -0.4 is 5.32 Å². The summed E-state index contributed by atoms with van der Waals surface area (Å²) in [5.74, 6) is 0. The number of aromatic nitrogens is 1. The molecule has 1 aliphatic rings. The molecule has 94 valence electrons. The zero-order chi connectivity index (χ0) is 12.5. The Bertz CT molecular complexity index is 559. The van der Waals surface area contributed by atoms with Crippen LogP contribution in [0.1, 0.15) is 39.7 Å². The molecule has 2 nitrogen and oxygen atoms in total. The maximum atomic E-state index is 4.30. The van der Waals surface area contributed by atoms with Crippen molar-refractivity contribution in [3.63, 3.8) is 0 Å². The van der Waals surface area contributed by atoms with Gasteiger partial charge < -0.3 is 5.32 Å². The molecular formula is C15H18N2S. The van der Waals surface area contributed by atoms with E-state index in [0.29, 0.717) is 6.04 Å². The Balaban J connectivity index is 1.73. The van der Waals surface area contributed by atoms with E-state index in [-0.39, 0.29) is 0 Å². The van der Waals surface area contributed by atoms with Crippen molar-refractivity contribution in [1.82, 2.24) is 10.3 Å². The highest BCUT2D eigenvalue weighted by Gasteiger charge is 2.22. The van der Waals surface area contributed by atoms with E-state index in [9.17, 15) is 0 Å². The molecule has 1 atom stereocenters. The minimum Gasteiger partial charge on any atom is -0.305 e. The third-order valence-electron chi connectivity index (χ3n) is 3.73. The summed E-state index contributed by atoms with van der Waals surface area (Å²) in [4.78, 5) is 5.66. The first-order valence-corrected chi connectivity index (χ1v) is 7.34. The normalized spacial score (nSPS) is 18.0. The van der Waals surface area contributed by atoms with Crippen LogP contribution in [-0.2, 0) is 13.0 Å². The Morgan fingerprint density at radius 3 is 3.06 bits per heavy atom. The molecule has 1 aliphatic carbocycles. The molecule has 3 heteroatoms. The molecule has 18 heavy (non-hydrogen) atoms. The van der Waals surface area contributed by atoms with Crippen LogP contribution >= 0.6 is 11.3 Å². The van der Waals surface area contributed by atoms with E-state index in [1.54, 1.807) is 11.3 Å².